The quantitative estimate of drug-likeness (QED) is 0.577. The summed E-state index contributed by atoms with van der Waals surface area (Å²) in [5.74, 6) is -0.0532. The number of ether oxygens (including phenoxy) is 1. The van der Waals surface area contributed by atoms with E-state index in [1.807, 2.05) is 4.90 Å². The van der Waals surface area contributed by atoms with Crippen molar-refractivity contribution in [3.63, 3.8) is 0 Å². The highest BCUT2D eigenvalue weighted by Crippen LogP contribution is 2.30. The van der Waals surface area contributed by atoms with E-state index in [9.17, 15) is 22.0 Å². The number of rotatable bonds is 6. The number of alkyl halides is 3. The fraction of sp³-hybridized carbons (Fsp3) is 0.333. The summed E-state index contributed by atoms with van der Waals surface area (Å²) in [7, 11) is -3.13. The summed E-state index contributed by atoms with van der Waals surface area (Å²) < 4.78 is 53.5. The molecule has 1 saturated heterocycles. The van der Waals surface area contributed by atoms with Gasteiger partial charge in [-0.15, -0.1) is 8.78 Å². The lowest BCUT2D eigenvalue weighted by Gasteiger charge is -2.19. The third-order valence-corrected chi connectivity index (χ3v) is 6.74. The number of carbonyl (C=O) groups excluding carboxylic acids is 1. The third kappa shape index (κ3) is 5.79. The molecule has 7 nitrogen and oxygen atoms in total. The molecule has 0 bridgehead atoms. The highest BCUT2D eigenvalue weighted by atomic mass is 79.9. The van der Waals surface area contributed by atoms with Gasteiger partial charge in [0.05, 0.1) is 15.3 Å². The van der Waals surface area contributed by atoms with E-state index < -0.39 is 26.6 Å². The topological polar surface area (TPSA) is 88.6 Å². The minimum atomic E-state index is -3.82. The number of hydrogen-bond donors (Lipinski definition) is 1. The second-order valence-electron chi connectivity index (χ2n) is 6.74. The maximum absolute atomic E-state index is 12.6. The maximum atomic E-state index is 12.6. The highest BCUT2D eigenvalue weighted by molar-refractivity contribution is 9.10. The number of pyridine rings is 1. The molecular weight excluding hydrogens is 508 g/mol. The number of aromatic nitrogens is 1. The van der Waals surface area contributed by atoms with Crippen molar-refractivity contribution in [2.24, 2.45) is 0 Å². The number of nitrogens with one attached hydrogen (secondary N) is 1. The van der Waals surface area contributed by atoms with Gasteiger partial charge in [0.15, 0.2) is 9.84 Å². The van der Waals surface area contributed by atoms with Crippen molar-refractivity contribution in [1.29, 1.82) is 0 Å². The predicted molar refractivity (Wildman–Crippen MR) is 113 cm³/mol. The number of hydrogen-bond acceptors (Lipinski definition) is 6. The Bertz CT molecular complexity index is 1050. The number of benzene rings is 1. The van der Waals surface area contributed by atoms with E-state index in [1.54, 1.807) is 6.07 Å². The number of nitrogens with zero attached hydrogens (tertiary/aromatic N) is 2. The summed E-state index contributed by atoms with van der Waals surface area (Å²) >= 11 is 8.09. The van der Waals surface area contributed by atoms with E-state index >= 15 is 0 Å². The molecule has 1 fully saturated rings. The summed E-state index contributed by atoms with van der Waals surface area (Å²) in [6, 6.07) is 6.85. The van der Waals surface area contributed by atoms with E-state index in [-0.39, 0.29) is 11.3 Å². The van der Waals surface area contributed by atoms with Crippen LogP contribution in [0.5, 0.6) is 5.75 Å². The van der Waals surface area contributed by atoms with Gasteiger partial charge in [0.1, 0.15) is 11.6 Å². The molecule has 0 spiro atoms. The van der Waals surface area contributed by atoms with E-state index in [0.29, 0.717) is 35.5 Å². The monoisotopic (exact) mass is 523 g/mol. The molecule has 0 aliphatic carbocycles. The minimum absolute atomic E-state index is 0.153. The normalized spacial score (nSPS) is 17.1. The molecule has 0 radical (unpaired) electrons. The Morgan fingerprint density at radius 3 is 2.57 bits per heavy atom. The molecule has 1 amide bonds. The Morgan fingerprint density at radius 1 is 1.37 bits per heavy atom. The second-order valence-corrected chi connectivity index (χ2v) is 10.4. The molecule has 1 aliphatic rings. The van der Waals surface area contributed by atoms with E-state index in [1.165, 1.54) is 36.7 Å². The van der Waals surface area contributed by atoms with Gasteiger partial charge in [-0.3, -0.25) is 4.79 Å². The van der Waals surface area contributed by atoms with Gasteiger partial charge in [0.2, 0.25) is 0 Å². The lowest BCUT2D eigenvalue weighted by molar-refractivity contribution is -0.0964. The molecule has 2 aromatic rings. The second kappa shape index (κ2) is 8.64. The van der Waals surface area contributed by atoms with Crippen LogP contribution in [0.1, 0.15) is 16.8 Å². The van der Waals surface area contributed by atoms with Gasteiger partial charge in [-0.25, -0.2) is 13.4 Å². The SMILES string of the molecule is CS(=O)(=O)C1CCN(c2ncc(C(=O)Nc3ccc(OC(F)(F)Cl)cc3)cc2Br)C1. The number of sulfone groups is 1. The first kappa shape index (κ1) is 22.7. The molecule has 1 unspecified atom stereocenters. The van der Waals surface area contributed by atoms with E-state index in [4.69, 9.17) is 11.6 Å². The van der Waals surface area contributed by atoms with Gasteiger partial charge in [-0.2, -0.15) is 0 Å². The minimum Gasteiger partial charge on any atom is -0.420 e. The van der Waals surface area contributed by atoms with E-state index in [2.05, 4.69) is 31.0 Å². The van der Waals surface area contributed by atoms with Crippen LogP contribution in [0, 0.1) is 0 Å². The average molecular weight is 525 g/mol. The van der Waals surface area contributed by atoms with Gasteiger partial charge >= 0.3 is 5.57 Å². The molecule has 2 heterocycles. The van der Waals surface area contributed by atoms with Gasteiger partial charge in [-0.1, -0.05) is 0 Å². The number of anilines is 2. The average Bonchev–Trinajstić information content (AvgIpc) is 3.12. The Morgan fingerprint density at radius 2 is 2.03 bits per heavy atom. The third-order valence-electron chi connectivity index (χ3n) is 4.48. The van der Waals surface area contributed by atoms with Crippen LogP contribution in [0.4, 0.5) is 20.3 Å². The fourth-order valence-corrected chi connectivity index (χ4v) is 4.67. The molecule has 1 aromatic heterocycles. The molecule has 1 atom stereocenters. The lowest BCUT2D eigenvalue weighted by Crippen LogP contribution is -2.27. The maximum Gasteiger partial charge on any atom is 0.487 e. The Kier molecular flexibility index (Phi) is 6.54. The van der Waals surface area contributed by atoms with Crippen molar-refractivity contribution >= 4 is 54.8 Å². The van der Waals surface area contributed by atoms with Crippen LogP contribution in [0.3, 0.4) is 0 Å². The van der Waals surface area contributed by atoms with Crippen molar-refractivity contribution < 1.29 is 26.7 Å². The number of carbonyl (C=O) groups is 1. The molecule has 3 rings (SSSR count). The molecular formula is C18H17BrClF2N3O4S. The van der Waals surface area contributed by atoms with Crippen LogP contribution in [-0.4, -0.2) is 49.5 Å². The first-order valence-electron chi connectivity index (χ1n) is 8.69. The molecule has 1 aliphatic heterocycles. The molecule has 0 saturated carbocycles. The summed E-state index contributed by atoms with van der Waals surface area (Å²) in [5, 5.41) is 2.18. The number of amides is 1. The van der Waals surface area contributed by atoms with Gasteiger partial charge in [0.25, 0.3) is 5.91 Å². The van der Waals surface area contributed by atoms with Gasteiger partial charge < -0.3 is 15.0 Å². The largest absolute Gasteiger partial charge is 0.487 e. The predicted octanol–water partition coefficient (Wildman–Crippen LogP) is 3.89. The van der Waals surface area contributed by atoms with Crippen LogP contribution >= 0.6 is 27.5 Å². The lowest BCUT2D eigenvalue weighted by atomic mass is 10.2. The smallest absolute Gasteiger partial charge is 0.420 e. The van der Waals surface area contributed by atoms with Crippen LogP contribution < -0.4 is 15.0 Å². The first-order chi connectivity index (χ1) is 13.9. The van der Waals surface area contributed by atoms with Crippen molar-refractivity contribution in [3.8, 4) is 5.75 Å². The Hall–Kier alpha value is -1.98. The van der Waals surface area contributed by atoms with Gasteiger partial charge in [-0.05, 0) is 52.7 Å². The van der Waals surface area contributed by atoms with Crippen LogP contribution in [0.25, 0.3) is 0 Å². The zero-order valence-electron chi connectivity index (χ0n) is 15.6. The van der Waals surface area contributed by atoms with Crippen molar-refractivity contribution in [3.05, 3.63) is 46.6 Å². The summed E-state index contributed by atoms with van der Waals surface area (Å²) in [4.78, 5) is 18.6. The summed E-state index contributed by atoms with van der Waals surface area (Å²) in [5.41, 5.74) is -3.20. The molecule has 30 heavy (non-hydrogen) atoms. The van der Waals surface area contributed by atoms with Crippen molar-refractivity contribution in [2.75, 3.05) is 29.6 Å². The van der Waals surface area contributed by atoms with Crippen LogP contribution in [-0.2, 0) is 9.84 Å². The highest BCUT2D eigenvalue weighted by Gasteiger charge is 2.31. The summed E-state index contributed by atoms with van der Waals surface area (Å²) in [6.45, 7) is 0.885. The number of halogens is 4. The Labute approximate surface area is 185 Å². The fourth-order valence-electron chi connectivity index (χ4n) is 3.00. The first-order valence-corrected chi connectivity index (χ1v) is 11.8. The standard InChI is InChI=1S/C18H17BrClF2N3O4S/c1-30(27,28)14-6-7-25(10-14)16-15(19)8-11(9-23-16)17(26)24-12-2-4-13(5-3-12)29-18(20,21)22/h2-5,8-9,14H,6-7,10H2,1H3,(H,24,26). The van der Waals surface area contributed by atoms with Crippen LogP contribution in [0.15, 0.2) is 41.0 Å². The zero-order valence-corrected chi connectivity index (χ0v) is 18.8. The molecule has 162 valence electrons. The van der Waals surface area contributed by atoms with E-state index in [0.717, 1.165) is 0 Å². The van der Waals surface area contributed by atoms with Crippen molar-refractivity contribution in [2.45, 2.75) is 17.2 Å². The molecule has 12 heteroatoms. The van der Waals surface area contributed by atoms with Gasteiger partial charge in [0, 0.05) is 42.8 Å². The zero-order chi connectivity index (χ0) is 22.1. The summed E-state index contributed by atoms with van der Waals surface area (Å²) in [6.07, 6.45) is 3.12. The molecule has 1 aromatic carbocycles. The van der Waals surface area contributed by atoms with Crippen LogP contribution in [0.2, 0.25) is 0 Å². The molecule has 1 N–H and O–H groups in total. The van der Waals surface area contributed by atoms with Crippen molar-refractivity contribution in [1.82, 2.24) is 4.98 Å². The Balaban J connectivity index is 1.67.